The van der Waals surface area contributed by atoms with Crippen molar-refractivity contribution < 1.29 is 66.1 Å². The van der Waals surface area contributed by atoms with Crippen LogP contribution in [0.2, 0.25) is 18.1 Å². The Balaban J connectivity index is 1.57. The summed E-state index contributed by atoms with van der Waals surface area (Å²) in [7, 11) is 2.28. The first kappa shape index (κ1) is 50.8. The van der Waals surface area contributed by atoms with E-state index in [2.05, 4.69) is 20.8 Å². The number of rotatable bonds is 21. The monoisotopic (exact) mass is 957 g/mol. The van der Waals surface area contributed by atoms with Crippen molar-refractivity contribution in [3.8, 4) is 17.2 Å². The van der Waals surface area contributed by atoms with Crippen LogP contribution in [0.3, 0.4) is 0 Å². The third-order valence-corrected chi connectivity index (χ3v) is 16.4. The molecular weight excluding hydrogens is 901 g/mol. The highest BCUT2D eigenvalue weighted by Gasteiger charge is 2.53. The predicted molar refractivity (Wildman–Crippen MR) is 237 cm³/mol. The minimum Gasteiger partial charge on any atom is -0.497 e. The summed E-state index contributed by atoms with van der Waals surface area (Å²) in [6.45, 7) is 7.49. The van der Waals surface area contributed by atoms with Crippen molar-refractivity contribution in [1.29, 1.82) is 0 Å². The first-order chi connectivity index (χ1) is 30.2. The molecule has 0 saturated carbocycles. The maximum absolute atomic E-state index is 14.2. The van der Waals surface area contributed by atoms with Crippen LogP contribution in [0.5, 0.6) is 17.2 Å². The highest BCUT2D eigenvalue weighted by molar-refractivity contribution is 6.73. The van der Waals surface area contributed by atoms with E-state index in [1.165, 1.54) is 14.0 Å². The van der Waals surface area contributed by atoms with Crippen molar-refractivity contribution in [2.45, 2.75) is 118 Å². The van der Waals surface area contributed by atoms with Crippen LogP contribution in [0.25, 0.3) is 0 Å². The summed E-state index contributed by atoms with van der Waals surface area (Å²) in [6.07, 6.45) is -10.7. The van der Waals surface area contributed by atoms with Gasteiger partial charge in [-0.1, -0.05) is 79.8 Å². The minimum absolute atomic E-state index is 0.0713. The fourth-order valence-corrected chi connectivity index (χ4v) is 10.2. The Morgan fingerprint density at radius 2 is 1.16 bits per heavy atom. The molecule has 0 bridgehead atoms. The van der Waals surface area contributed by atoms with Crippen molar-refractivity contribution in [3.63, 3.8) is 0 Å². The SMILES string of the molecule is CC[Si](CC)(CC)O[C@H]1CO[C@@H](OC(N)C(Cl)(Cl)Cl)[C@H](OC(C)=O)[C@H]1O[C@@H]1OC[C@@H](OCc2ccc(OC)cc2)[C@H](OCc2ccc(OC)cc2)[C@H]1OC(=O)c1ccc(OC)cc1. The van der Waals surface area contributed by atoms with Gasteiger partial charge in [0.2, 0.25) is 3.79 Å². The molecular formula is C44H58Cl3NO14Si. The van der Waals surface area contributed by atoms with E-state index in [0.717, 1.165) is 29.3 Å². The molecule has 3 aromatic rings. The normalized spacial score (nSPS) is 24.6. The standard InChI is InChI=1S/C44H58Cl3NO14Si/c1-8-63(9-2,10-3)62-35-26-57-42(61-43(48)44(45,46)47)39(58-27(4)49)37(35)60-41-38(59-40(50)30-15-21-33(53-7)22-16-30)36(55-24-29-13-19-32(52-6)20-14-29)34(25-56-41)54-23-28-11-17-31(51-5)18-12-28/h11-22,34-39,41-43H,8-10,23-26,48H2,1-7H3/t34-,35+,36+,37+,38-,39-,41+,42+,43?/m1/s1. The van der Waals surface area contributed by atoms with Crippen LogP contribution in [0.1, 0.15) is 49.2 Å². The minimum atomic E-state index is -2.42. The molecule has 348 valence electrons. The van der Waals surface area contributed by atoms with Crippen molar-refractivity contribution in [2.24, 2.45) is 5.73 Å². The summed E-state index contributed by atoms with van der Waals surface area (Å²) in [5.41, 5.74) is 7.99. The van der Waals surface area contributed by atoms with Gasteiger partial charge in [0, 0.05) is 6.92 Å². The van der Waals surface area contributed by atoms with Gasteiger partial charge in [0.25, 0.3) is 0 Å². The Hall–Kier alpha value is -3.23. The summed E-state index contributed by atoms with van der Waals surface area (Å²) in [4.78, 5) is 27.0. The van der Waals surface area contributed by atoms with E-state index in [4.69, 9.17) is 97.1 Å². The van der Waals surface area contributed by atoms with E-state index >= 15 is 0 Å². The average Bonchev–Trinajstić information content (AvgIpc) is 3.29. The lowest BCUT2D eigenvalue weighted by atomic mass is 10.0. The van der Waals surface area contributed by atoms with E-state index in [0.29, 0.717) is 17.2 Å². The third kappa shape index (κ3) is 13.9. The van der Waals surface area contributed by atoms with Crippen LogP contribution in [-0.4, -0.2) is 114 Å². The molecule has 5 rings (SSSR count). The number of carbonyl (C=O) groups is 2. The number of nitrogens with two attached hydrogens (primary N) is 1. The molecule has 0 aromatic heterocycles. The Kier molecular flexibility index (Phi) is 19.2. The predicted octanol–water partition coefficient (Wildman–Crippen LogP) is 7.50. The van der Waals surface area contributed by atoms with E-state index in [9.17, 15) is 9.59 Å². The number of benzene rings is 3. The quantitative estimate of drug-likeness (QED) is 0.0482. The molecule has 0 spiro atoms. The molecule has 2 saturated heterocycles. The van der Waals surface area contributed by atoms with Gasteiger partial charge >= 0.3 is 11.9 Å². The second-order valence-electron chi connectivity index (χ2n) is 15.0. The van der Waals surface area contributed by atoms with Gasteiger partial charge in [-0.15, -0.1) is 0 Å². The number of halogens is 3. The van der Waals surface area contributed by atoms with E-state index in [1.807, 2.05) is 48.5 Å². The highest BCUT2D eigenvalue weighted by atomic mass is 35.6. The lowest BCUT2D eigenvalue weighted by molar-refractivity contribution is -0.342. The lowest BCUT2D eigenvalue weighted by Gasteiger charge is -2.48. The second kappa shape index (κ2) is 23.8. The molecule has 63 heavy (non-hydrogen) atoms. The number of hydrogen-bond acceptors (Lipinski definition) is 15. The van der Waals surface area contributed by atoms with Crippen LogP contribution in [0.15, 0.2) is 72.8 Å². The van der Waals surface area contributed by atoms with Gasteiger partial charge in [0.1, 0.15) is 35.6 Å². The van der Waals surface area contributed by atoms with Crippen LogP contribution < -0.4 is 19.9 Å². The molecule has 19 heteroatoms. The molecule has 9 atom stereocenters. The van der Waals surface area contributed by atoms with Crippen LogP contribution >= 0.6 is 34.8 Å². The Morgan fingerprint density at radius 3 is 1.65 bits per heavy atom. The smallest absolute Gasteiger partial charge is 0.338 e. The van der Waals surface area contributed by atoms with Gasteiger partial charge in [-0.3, -0.25) is 4.79 Å². The maximum atomic E-state index is 14.2. The van der Waals surface area contributed by atoms with Gasteiger partial charge in [-0.05, 0) is 77.8 Å². The zero-order chi connectivity index (χ0) is 45.7. The van der Waals surface area contributed by atoms with Crippen molar-refractivity contribution in [3.05, 3.63) is 89.5 Å². The molecule has 15 nitrogen and oxygen atoms in total. The molecule has 0 amide bonds. The van der Waals surface area contributed by atoms with Crippen molar-refractivity contribution in [2.75, 3.05) is 34.5 Å². The molecule has 1 unspecified atom stereocenters. The Bertz CT molecular complexity index is 1860. The van der Waals surface area contributed by atoms with Crippen LogP contribution in [0.4, 0.5) is 0 Å². The van der Waals surface area contributed by atoms with E-state index in [-0.39, 0.29) is 32.0 Å². The summed E-state index contributed by atoms with van der Waals surface area (Å²) in [5, 5.41) is 0. The average molecular weight is 959 g/mol. The van der Waals surface area contributed by atoms with Gasteiger partial charge in [0.15, 0.2) is 39.3 Å². The number of esters is 2. The zero-order valence-electron chi connectivity index (χ0n) is 36.5. The highest BCUT2D eigenvalue weighted by Crippen LogP contribution is 2.37. The molecule has 2 heterocycles. The second-order valence-corrected chi connectivity index (χ2v) is 22.1. The number of methoxy groups -OCH3 is 3. The summed E-state index contributed by atoms with van der Waals surface area (Å²) >= 11 is 18.3. The van der Waals surface area contributed by atoms with Gasteiger partial charge in [-0.25, -0.2) is 4.79 Å². The molecule has 2 aliphatic rings. The zero-order valence-corrected chi connectivity index (χ0v) is 39.8. The molecule has 0 aliphatic carbocycles. The Labute approximate surface area is 384 Å². The van der Waals surface area contributed by atoms with Crippen molar-refractivity contribution in [1.82, 2.24) is 0 Å². The Morgan fingerprint density at radius 1 is 0.683 bits per heavy atom. The van der Waals surface area contributed by atoms with Crippen molar-refractivity contribution >= 4 is 55.1 Å². The number of alkyl halides is 3. The first-order valence-corrected chi connectivity index (χ1v) is 24.4. The molecule has 0 radical (unpaired) electrons. The lowest BCUT2D eigenvalue weighted by Crippen LogP contribution is -2.64. The molecule has 3 aromatic carbocycles. The fourth-order valence-electron chi connectivity index (χ4n) is 7.23. The van der Waals surface area contributed by atoms with Gasteiger partial charge in [-0.2, -0.15) is 0 Å². The number of hydrogen-bond donors (Lipinski definition) is 1. The molecule has 2 N–H and O–H groups in total. The third-order valence-electron chi connectivity index (χ3n) is 11.1. The summed E-state index contributed by atoms with van der Waals surface area (Å²) in [6, 6.07) is 23.5. The first-order valence-electron chi connectivity index (χ1n) is 20.7. The fraction of sp³-hybridized carbons (Fsp3) is 0.545. The maximum Gasteiger partial charge on any atom is 0.338 e. The molecule has 2 aliphatic heterocycles. The largest absolute Gasteiger partial charge is 0.497 e. The van der Waals surface area contributed by atoms with Gasteiger partial charge in [0.05, 0.1) is 59.4 Å². The number of ether oxygens (including phenoxy) is 11. The van der Waals surface area contributed by atoms with Crippen LogP contribution in [-0.2, 0) is 60.3 Å². The van der Waals surface area contributed by atoms with E-state index in [1.54, 1.807) is 38.5 Å². The van der Waals surface area contributed by atoms with Gasteiger partial charge < -0.3 is 62.3 Å². The summed E-state index contributed by atoms with van der Waals surface area (Å²) < 4.78 is 71.8. The number of carbonyl (C=O) groups excluding carboxylic acids is 2. The summed E-state index contributed by atoms with van der Waals surface area (Å²) in [5.74, 6) is 0.486. The topological polar surface area (TPSA) is 171 Å². The van der Waals surface area contributed by atoms with Crippen LogP contribution in [0, 0.1) is 0 Å². The van der Waals surface area contributed by atoms with E-state index < -0.39 is 79.5 Å². The molecule has 2 fully saturated rings.